The topological polar surface area (TPSA) is 66.8 Å². The van der Waals surface area contributed by atoms with Gasteiger partial charge in [0.1, 0.15) is 17.3 Å². The molecule has 5 nitrogen and oxygen atoms in total. The molecular formula is C24H26FNO4. The smallest absolute Gasteiger partial charge is 0.295 e. The van der Waals surface area contributed by atoms with Crippen molar-refractivity contribution < 1.29 is 23.8 Å². The first-order valence-electron chi connectivity index (χ1n) is 10.1. The lowest BCUT2D eigenvalue weighted by atomic mass is 9.94. The molecule has 1 fully saturated rings. The van der Waals surface area contributed by atoms with Crippen molar-refractivity contribution in [1.29, 1.82) is 0 Å². The molecule has 0 radical (unpaired) electrons. The minimum Gasteiger partial charge on any atom is -0.507 e. The number of hydrogen-bond donors (Lipinski definition) is 1. The first kappa shape index (κ1) is 21.6. The summed E-state index contributed by atoms with van der Waals surface area (Å²) in [4.78, 5) is 27.2. The Labute approximate surface area is 175 Å². The van der Waals surface area contributed by atoms with E-state index >= 15 is 0 Å². The molecule has 0 aliphatic carbocycles. The van der Waals surface area contributed by atoms with Crippen LogP contribution in [0.4, 0.5) is 4.39 Å². The van der Waals surface area contributed by atoms with Gasteiger partial charge < -0.3 is 14.7 Å². The predicted molar refractivity (Wildman–Crippen MR) is 113 cm³/mol. The predicted octanol–water partition coefficient (Wildman–Crippen LogP) is 4.62. The van der Waals surface area contributed by atoms with Crippen LogP contribution in [-0.4, -0.2) is 35.4 Å². The summed E-state index contributed by atoms with van der Waals surface area (Å²) in [5, 5.41) is 11.1. The molecule has 1 aliphatic rings. The number of nitrogens with zero attached hydrogens (tertiary/aromatic N) is 1. The highest BCUT2D eigenvalue weighted by Gasteiger charge is 2.46. The molecular weight excluding hydrogens is 385 g/mol. The molecule has 0 saturated carbocycles. The summed E-state index contributed by atoms with van der Waals surface area (Å²) >= 11 is 0. The molecule has 1 saturated heterocycles. The van der Waals surface area contributed by atoms with E-state index in [0.717, 1.165) is 36.5 Å². The molecule has 0 aromatic heterocycles. The van der Waals surface area contributed by atoms with Crippen molar-refractivity contribution in [3.05, 3.63) is 70.5 Å². The lowest BCUT2D eigenvalue weighted by Crippen LogP contribution is -2.30. The Balaban J connectivity index is 2.20. The highest BCUT2D eigenvalue weighted by atomic mass is 19.1. The number of methoxy groups -OCH3 is 1. The molecule has 1 atom stereocenters. The van der Waals surface area contributed by atoms with Crippen molar-refractivity contribution in [2.45, 2.75) is 39.2 Å². The quantitative estimate of drug-likeness (QED) is 0.410. The van der Waals surface area contributed by atoms with Crippen molar-refractivity contribution in [3.8, 4) is 5.75 Å². The number of halogens is 1. The van der Waals surface area contributed by atoms with Crippen LogP contribution in [0.2, 0.25) is 0 Å². The molecule has 158 valence electrons. The Bertz CT molecular complexity index is 981. The number of aryl methyl sites for hydroxylation is 1. The van der Waals surface area contributed by atoms with Crippen LogP contribution in [0.1, 0.15) is 49.4 Å². The molecule has 2 aromatic rings. The summed E-state index contributed by atoms with van der Waals surface area (Å²) in [7, 11) is 1.39. The molecule has 2 aromatic carbocycles. The van der Waals surface area contributed by atoms with Gasteiger partial charge >= 0.3 is 0 Å². The number of aliphatic hydroxyl groups is 1. The zero-order chi connectivity index (χ0) is 21.8. The summed E-state index contributed by atoms with van der Waals surface area (Å²) < 4.78 is 19.1. The van der Waals surface area contributed by atoms with Crippen LogP contribution in [0.15, 0.2) is 48.0 Å². The first-order valence-corrected chi connectivity index (χ1v) is 10.1. The van der Waals surface area contributed by atoms with E-state index < -0.39 is 29.3 Å². The van der Waals surface area contributed by atoms with Crippen molar-refractivity contribution in [2.24, 2.45) is 0 Å². The van der Waals surface area contributed by atoms with Crippen LogP contribution in [0.3, 0.4) is 0 Å². The number of carbonyl (C=O) groups is 2. The zero-order valence-electron chi connectivity index (χ0n) is 17.4. The fourth-order valence-corrected chi connectivity index (χ4v) is 3.73. The van der Waals surface area contributed by atoms with Gasteiger partial charge in [0.15, 0.2) is 0 Å². The minimum atomic E-state index is -0.778. The molecule has 30 heavy (non-hydrogen) atoms. The molecule has 0 spiro atoms. The van der Waals surface area contributed by atoms with Crippen LogP contribution >= 0.6 is 0 Å². The number of amides is 1. The van der Waals surface area contributed by atoms with Gasteiger partial charge in [0.05, 0.1) is 24.3 Å². The molecule has 6 heteroatoms. The number of unbranched alkanes of at least 4 members (excludes halogenated alkanes) is 1. The number of Topliss-reactive ketones (excluding diaryl/α,β-unsaturated/α-hetero) is 1. The maximum atomic E-state index is 13.9. The molecule has 1 heterocycles. The van der Waals surface area contributed by atoms with Gasteiger partial charge in [-0.25, -0.2) is 4.39 Å². The Kier molecular flexibility index (Phi) is 6.55. The Morgan fingerprint density at radius 3 is 2.43 bits per heavy atom. The SMILES string of the molecule is CCCCN1C(=O)C(=O)/C(=C(/O)c2cc(F)ccc2OC)C1c1ccc(CC)cc1. The van der Waals surface area contributed by atoms with Crippen molar-refractivity contribution >= 4 is 17.4 Å². The van der Waals surface area contributed by atoms with Crippen molar-refractivity contribution in [1.82, 2.24) is 4.90 Å². The van der Waals surface area contributed by atoms with Crippen LogP contribution in [0, 0.1) is 5.82 Å². The molecule has 3 rings (SSSR count). The summed E-state index contributed by atoms with van der Waals surface area (Å²) in [5.74, 6) is -2.24. The van der Waals surface area contributed by atoms with Crippen LogP contribution < -0.4 is 4.74 Å². The highest BCUT2D eigenvalue weighted by Crippen LogP contribution is 2.41. The van der Waals surface area contributed by atoms with E-state index in [1.807, 2.05) is 38.1 Å². The molecule has 1 N–H and O–H groups in total. The van der Waals surface area contributed by atoms with E-state index in [2.05, 4.69) is 0 Å². The zero-order valence-corrected chi connectivity index (χ0v) is 17.4. The average Bonchev–Trinajstić information content (AvgIpc) is 3.01. The van der Waals surface area contributed by atoms with Crippen LogP contribution in [0.25, 0.3) is 5.76 Å². The third-order valence-electron chi connectivity index (χ3n) is 5.41. The second-order valence-corrected chi connectivity index (χ2v) is 7.29. The monoisotopic (exact) mass is 411 g/mol. The van der Waals surface area contributed by atoms with Crippen molar-refractivity contribution in [3.63, 3.8) is 0 Å². The minimum absolute atomic E-state index is 0.0427. The first-order chi connectivity index (χ1) is 14.4. The van der Waals surface area contributed by atoms with Gasteiger partial charge in [0, 0.05) is 6.54 Å². The van der Waals surface area contributed by atoms with E-state index in [1.54, 1.807) is 0 Å². The lowest BCUT2D eigenvalue weighted by molar-refractivity contribution is -0.139. The largest absolute Gasteiger partial charge is 0.507 e. The molecule has 0 bridgehead atoms. The van der Waals surface area contributed by atoms with Gasteiger partial charge in [0.2, 0.25) is 0 Å². The van der Waals surface area contributed by atoms with Gasteiger partial charge in [0.25, 0.3) is 11.7 Å². The van der Waals surface area contributed by atoms with Gasteiger partial charge in [-0.3, -0.25) is 9.59 Å². The Morgan fingerprint density at radius 1 is 1.13 bits per heavy atom. The third-order valence-corrected chi connectivity index (χ3v) is 5.41. The summed E-state index contributed by atoms with van der Waals surface area (Å²) in [6.07, 6.45) is 2.43. The number of ether oxygens (including phenoxy) is 1. The Hall–Kier alpha value is -3.15. The summed E-state index contributed by atoms with van der Waals surface area (Å²) in [6, 6.07) is 10.6. The van der Waals surface area contributed by atoms with E-state index in [4.69, 9.17) is 4.74 Å². The van der Waals surface area contributed by atoms with E-state index in [-0.39, 0.29) is 16.9 Å². The number of ketones is 1. The number of hydrogen-bond acceptors (Lipinski definition) is 4. The second-order valence-electron chi connectivity index (χ2n) is 7.29. The number of likely N-dealkylation sites (tertiary alicyclic amines) is 1. The summed E-state index contributed by atoms with van der Waals surface area (Å²) in [6.45, 7) is 4.43. The van der Waals surface area contributed by atoms with E-state index in [9.17, 15) is 19.1 Å². The van der Waals surface area contributed by atoms with Gasteiger partial charge in [-0.15, -0.1) is 0 Å². The third kappa shape index (κ3) is 3.95. The second kappa shape index (κ2) is 9.11. The van der Waals surface area contributed by atoms with Gasteiger partial charge in [-0.05, 0) is 42.2 Å². The lowest BCUT2D eigenvalue weighted by Gasteiger charge is -2.25. The van der Waals surface area contributed by atoms with Crippen LogP contribution in [0.5, 0.6) is 5.75 Å². The molecule has 1 unspecified atom stereocenters. The normalized spacial score (nSPS) is 18.1. The number of aliphatic hydroxyl groups excluding tert-OH is 1. The highest BCUT2D eigenvalue weighted by molar-refractivity contribution is 6.46. The number of rotatable bonds is 7. The Morgan fingerprint density at radius 2 is 1.83 bits per heavy atom. The van der Waals surface area contributed by atoms with Crippen molar-refractivity contribution in [2.75, 3.05) is 13.7 Å². The van der Waals surface area contributed by atoms with Crippen LogP contribution in [-0.2, 0) is 16.0 Å². The van der Waals surface area contributed by atoms with E-state index in [1.165, 1.54) is 24.1 Å². The fraction of sp³-hybridized carbons (Fsp3) is 0.333. The standard InChI is InChI=1S/C24H26FNO4/c1-4-6-13-26-21(16-9-7-15(5-2)8-10-16)20(23(28)24(26)29)22(27)18-14-17(25)11-12-19(18)30-3/h7-12,14,21,27H,4-6,13H2,1-3H3/b22-20+. The average molecular weight is 411 g/mol. The van der Waals surface area contributed by atoms with Gasteiger partial charge in [-0.2, -0.15) is 0 Å². The fourth-order valence-electron chi connectivity index (χ4n) is 3.73. The summed E-state index contributed by atoms with van der Waals surface area (Å²) in [5.41, 5.74) is 1.83. The number of carbonyl (C=O) groups excluding carboxylic acids is 2. The maximum absolute atomic E-state index is 13.9. The maximum Gasteiger partial charge on any atom is 0.295 e. The molecule has 1 amide bonds. The number of benzene rings is 2. The molecule has 1 aliphatic heterocycles. The van der Waals surface area contributed by atoms with E-state index in [0.29, 0.717) is 6.54 Å². The van der Waals surface area contributed by atoms with Gasteiger partial charge in [-0.1, -0.05) is 44.5 Å².